The highest BCUT2D eigenvalue weighted by Gasteiger charge is 2.27. The first-order chi connectivity index (χ1) is 12.5. The van der Waals surface area contributed by atoms with Crippen LogP contribution in [0.25, 0.3) is 0 Å². The molecule has 6 nitrogen and oxygen atoms in total. The molecular weight excluding hydrogens is 354 g/mol. The Morgan fingerprint density at radius 1 is 1.04 bits per heavy atom. The maximum atomic E-state index is 12.4. The van der Waals surface area contributed by atoms with Crippen LogP contribution in [-0.2, 0) is 4.74 Å². The smallest absolute Gasteiger partial charge is 0.269 e. The molecule has 3 rings (SSSR count). The number of benzene rings is 2. The van der Waals surface area contributed by atoms with Gasteiger partial charge in [0, 0.05) is 39.1 Å². The van der Waals surface area contributed by atoms with Crippen LogP contribution in [0, 0.1) is 10.1 Å². The molecule has 1 aliphatic rings. The van der Waals surface area contributed by atoms with Crippen molar-refractivity contribution in [1.29, 1.82) is 0 Å². The number of nitrogens with zero attached hydrogens (tertiary/aromatic N) is 1. The van der Waals surface area contributed by atoms with Crippen LogP contribution in [-0.4, -0.2) is 23.1 Å². The second-order valence-corrected chi connectivity index (χ2v) is 6.76. The molecule has 0 amide bonds. The first-order valence-corrected chi connectivity index (χ1v) is 8.81. The molecule has 0 fully saturated rings. The maximum Gasteiger partial charge on any atom is 0.269 e. The average Bonchev–Trinajstić information content (AvgIpc) is 2.64. The van der Waals surface area contributed by atoms with Crippen molar-refractivity contribution in [2.75, 3.05) is 6.61 Å². The lowest BCUT2D eigenvalue weighted by molar-refractivity contribution is -0.384. The van der Waals surface area contributed by atoms with Gasteiger partial charge in [0.05, 0.1) is 11.5 Å². The van der Waals surface area contributed by atoms with E-state index in [4.69, 9.17) is 4.74 Å². The van der Waals surface area contributed by atoms with Gasteiger partial charge in [0.25, 0.3) is 5.69 Å². The number of ketones is 2. The molecule has 0 radical (unpaired) electrons. The van der Waals surface area contributed by atoms with Gasteiger partial charge in [-0.2, -0.15) is 0 Å². The van der Waals surface area contributed by atoms with E-state index in [1.807, 2.05) is 6.92 Å². The summed E-state index contributed by atoms with van der Waals surface area (Å²) in [4.78, 5) is 36.6. The number of rotatable bonds is 6. The number of nitro benzene ring substituents is 1. The van der Waals surface area contributed by atoms with E-state index in [9.17, 15) is 19.7 Å². The minimum Gasteiger partial charge on any atom is -0.489 e. The molecule has 0 bridgehead atoms. The third-order valence-corrected chi connectivity index (χ3v) is 4.73. The Balaban J connectivity index is 1.83. The van der Waals surface area contributed by atoms with Crippen LogP contribution in [0.5, 0.6) is 0 Å². The van der Waals surface area contributed by atoms with Gasteiger partial charge in [-0.15, -0.1) is 0 Å². The highest BCUT2D eigenvalue weighted by atomic mass is 32.2. The summed E-state index contributed by atoms with van der Waals surface area (Å²) in [7, 11) is 0. The van der Waals surface area contributed by atoms with E-state index < -0.39 is 4.92 Å². The molecule has 0 aromatic heterocycles. The SMILES string of the molecule is CCCOC1=CC(=O)c2cc(Sc3ccc([N+](=O)[O-])cc3)ccc2C1=O. The van der Waals surface area contributed by atoms with E-state index >= 15 is 0 Å². The van der Waals surface area contributed by atoms with Crippen molar-refractivity contribution in [3.8, 4) is 0 Å². The first kappa shape index (κ1) is 17.9. The minimum absolute atomic E-state index is 0.0188. The van der Waals surface area contributed by atoms with Crippen molar-refractivity contribution in [3.63, 3.8) is 0 Å². The van der Waals surface area contributed by atoms with Crippen LogP contribution in [0.2, 0.25) is 0 Å². The summed E-state index contributed by atoms with van der Waals surface area (Å²) < 4.78 is 5.36. The molecule has 26 heavy (non-hydrogen) atoms. The molecule has 132 valence electrons. The molecule has 0 unspecified atom stereocenters. The van der Waals surface area contributed by atoms with Crippen molar-refractivity contribution in [2.45, 2.75) is 23.1 Å². The Morgan fingerprint density at radius 2 is 1.73 bits per heavy atom. The van der Waals surface area contributed by atoms with Gasteiger partial charge in [-0.3, -0.25) is 19.7 Å². The third-order valence-electron chi connectivity index (χ3n) is 3.73. The fourth-order valence-electron chi connectivity index (χ4n) is 2.48. The highest BCUT2D eigenvalue weighted by Crippen LogP contribution is 2.32. The van der Waals surface area contributed by atoms with Gasteiger partial charge in [0.2, 0.25) is 5.78 Å². The number of fused-ring (bicyclic) bond motifs is 1. The van der Waals surface area contributed by atoms with Crippen molar-refractivity contribution in [3.05, 3.63) is 75.5 Å². The predicted octanol–water partition coefficient (Wildman–Crippen LogP) is 4.44. The normalized spacial score (nSPS) is 13.2. The summed E-state index contributed by atoms with van der Waals surface area (Å²) in [6, 6.07) is 11.2. The lowest BCUT2D eigenvalue weighted by Gasteiger charge is -2.16. The van der Waals surface area contributed by atoms with Crippen LogP contribution in [0.3, 0.4) is 0 Å². The third kappa shape index (κ3) is 3.67. The van der Waals surface area contributed by atoms with Gasteiger partial charge >= 0.3 is 0 Å². The summed E-state index contributed by atoms with van der Waals surface area (Å²) in [5.74, 6) is -0.475. The van der Waals surface area contributed by atoms with Gasteiger partial charge in [0.15, 0.2) is 11.5 Å². The number of hydrogen-bond acceptors (Lipinski definition) is 6. The number of hydrogen-bond donors (Lipinski definition) is 0. The molecule has 2 aromatic rings. The van der Waals surface area contributed by atoms with Gasteiger partial charge in [-0.05, 0) is 36.8 Å². The molecular formula is C19H15NO5S. The summed E-state index contributed by atoms with van der Waals surface area (Å²) in [6.45, 7) is 2.31. The Labute approximate surface area is 154 Å². The molecule has 0 saturated heterocycles. The van der Waals surface area contributed by atoms with E-state index in [1.54, 1.807) is 30.3 Å². The van der Waals surface area contributed by atoms with E-state index in [0.29, 0.717) is 17.7 Å². The van der Waals surface area contributed by atoms with E-state index in [-0.39, 0.29) is 23.0 Å². The summed E-state index contributed by atoms with van der Waals surface area (Å²) in [6.07, 6.45) is 1.98. The standard InChI is InChI=1S/C19H15NO5S/c1-2-9-25-18-11-17(21)16-10-14(7-8-15(16)19(18)22)26-13-5-3-12(4-6-13)20(23)24/h3-8,10-11H,2,9H2,1H3. The number of ether oxygens (including phenoxy) is 1. The van der Waals surface area contributed by atoms with E-state index in [0.717, 1.165) is 16.2 Å². The summed E-state index contributed by atoms with van der Waals surface area (Å²) in [5.41, 5.74) is 0.688. The summed E-state index contributed by atoms with van der Waals surface area (Å²) >= 11 is 1.36. The number of nitro groups is 1. The molecule has 1 aliphatic carbocycles. The van der Waals surface area contributed by atoms with Crippen LogP contribution >= 0.6 is 11.8 Å². The molecule has 2 aromatic carbocycles. The van der Waals surface area contributed by atoms with E-state index in [2.05, 4.69) is 0 Å². The van der Waals surface area contributed by atoms with Gasteiger partial charge < -0.3 is 4.74 Å². The number of non-ortho nitro benzene ring substituents is 1. The fourth-order valence-corrected chi connectivity index (χ4v) is 3.33. The first-order valence-electron chi connectivity index (χ1n) is 7.99. The Hall–Kier alpha value is -2.93. The lowest BCUT2D eigenvalue weighted by atomic mass is 9.94. The van der Waals surface area contributed by atoms with Crippen molar-refractivity contribution in [1.82, 2.24) is 0 Å². The molecule has 0 spiro atoms. The van der Waals surface area contributed by atoms with Crippen molar-refractivity contribution < 1.29 is 19.2 Å². The van der Waals surface area contributed by atoms with Crippen LogP contribution < -0.4 is 0 Å². The monoisotopic (exact) mass is 369 g/mol. The second-order valence-electron chi connectivity index (χ2n) is 5.61. The topological polar surface area (TPSA) is 86.5 Å². The van der Waals surface area contributed by atoms with Gasteiger partial charge in [0.1, 0.15) is 0 Å². The van der Waals surface area contributed by atoms with Gasteiger partial charge in [-0.25, -0.2) is 0 Å². The molecule has 0 aliphatic heterocycles. The van der Waals surface area contributed by atoms with E-state index in [1.165, 1.54) is 30.0 Å². The number of Topliss-reactive ketones (excluding diaryl/α,β-unsaturated/α-hetero) is 1. The molecule has 0 N–H and O–H groups in total. The predicted molar refractivity (Wildman–Crippen MR) is 96.6 cm³/mol. The minimum atomic E-state index is -0.456. The maximum absolute atomic E-state index is 12.4. The molecule has 0 heterocycles. The van der Waals surface area contributed by atoms with Crippen LogP contribution in [0.15, 0.2) is 64.1 Å². The highest BCUT2D eigenvalue weighted by molar-refractivity contribution is 7.99. The zero-order valence-electron chi connectivity index (χ0n) is 13.9. The van der Waals surface area contributed by atoms with Crippen molar-refractivity contribution >= 4 is 29.0 Å². The zero-order valence-corrected chi connectivity index (χ0v) is 14.7. The fraction of sp³-hybridized carbons (Fsp3) is 0.158. The van der Waals surface area contributed by atoms with Gasteiger partial charge in [-0.1, -0.05) is 18.7 Å². The molecule has 0 saturated carbocycles. The number of carbonyl (C=O) groups excluding carboxylic acids is 2. The van der Waals surface area contributed by atoms with Crippen LogP contribution in [0.4, 0.5) is 5.69 Å². The van der Waals surface area contributed by atoms with Crippen LogP contribution in [0.1, 0.15) is 34.1 Å². The largest absolute Gasteiger partial charge is 0.489 e. The Kier molecular flexibility index (Phi) is 5.18. The molecule has 0 atom stereocenters. The zero-order chi connectivity index (χ0) is 18.7. The number of allylic oxidation sites excluding steroid dienone is 2. The Bertz CT molecular complexity index is 918. The summed E-state index contributed by atoms with van der Waals surface area (Å²) in [5, 5.41) is 10.7. The quantitative estimate of drug-likeness (QED) is 0.553. The second kappa shape index (κ2) is 7.53. The lowest BCUT2D eigenvalue weighted by Crippen LogP contribution is -2.19. The van der Waals surface area contributed by atoms with Crippen molar-refractivity contribution in [2.24, 2.45) is 0 Å². The average molecular weight is 369 g/mol. The molecule has 7 heteroatoms. The number of carbonyl (C=O) groups is 2. The Morgan fingerprint density at radius 3 is 2.38 bits per heavy atom.